The van der Waals surface area contributed by atoms with Crippen LogP contribution in [-0.2, 0) is 16.2 Å². The lowest BCUT2D eigenvalue weighted by molar-refractivity contribution is -0.137. The third-order valence-electron chi connectivity index (χ3n) is 4.78. The minimum atomic E-state index is -4.61. The van der Waals surface area contributed by atoms with Crippen LogP contribution in [0.2, 0.25) is 0 Å². The quantitative estimate of drug-likeness (QED) is 0.813. The number of rotatable bonds is 5. The van der Waals surface area contributed by atoms with E-state index in [2.05, 4.69) is 21.4 Å². The maximum atomic E-state index is 12.9. The highest BCUT2D eigenvalue weighted by molar-refractivity contribution is 7.92. The summed E-state index contributed by atoms with van der Waals surface area (Å²) < 4.78 is 66.6. The molecule has 9 heteroatoms. The van der Waals surface area contributed by atoms with Gasteiger partial charge in [0.15, 0.2) is 0 Å². The topological polar surface area (TPSA) is 52.6 Å². The molecule has 1 fully saturated rings. The van der Waals surface area contributed by atoms with Crippen molar-refractivity contribution in [3.05, 3.63) is 54.1 Å². The Labute approximate surface area is 162 Å². The van der Waals surface area contributed by atoms with Crippen molar-refractivity contribution in [1.82, 2.24) is 4.90 Å². The lowest BCUT2D eigenvalue weighted by atomic mass is 10.2. The number of para-hydroxylation sites is 2. The number of likely N-dealkylation sites (N-methyl/N-ethyl adjacent to an activating group) is 1. The maximum Gasteiger partial charge on any atom is 0.416 e. The molecule has 2 aromatic carbocycles. The van der Waals surface area contributed by atoms with Gasteiger partial charge in [-0.3, -0.25) is 4.72 Å². The average Bonchev–Trinajstić information content (AvgIpc) is 2.68. The summed E-state index contributed by atoms with van der Waals surface area (Å²) in [5.74, 6) is 0. The number of halogens is 3. The second-order valence-corrected chi connectivity index (χ2v) is 8.25. The van der Waals surface area contributed by atoms with Gasteiger partial charge in [-0.15, -0.1) is 0 Å². The van der Waals surface area contributed by atoms with E-state index >= 15 is 0 Å². The molecule has 1 N–H and O–H groups in total. The highest BCUT2D eigenvalue weighted by Crippen LogP contribution is 2.32. The van der Waals surface area contributed by atoms with Crippen molar-refractivity contribution < 1.29 is 21.6 Å². The Bertz CT molecular complexity index is 924. The summed E-state index contributed by atoms with van der Waals surface area (Å²) in [5.41, 5.74) is 0.0676. The van der Waals surface area contributed by atoms with Crippen LogP contribution in [-0.4, -0.2) is 46.0 Å². The third-order valence-corrected chi connectivity index (χ3v) is 6.14. The monoisotopic (exact) mass is 413 g/mol. The number of piperazine rings is 1. The molecule has 0 aliphatic carbocycles. The molecule has 152 valence electrons. The largest absolute Gasteiger partial charge is 0.416 e. The lowest BCUT2D eigenvalue weighted by Gasteiger charge is -2.36. The van der Waals surface area contributed by atoms with E-state index in [1.54, 1.807) is 12.1 Å². The van der Waals surface area contributed by atoms with Gasteiger partial charge in [0.2, 0.25) is 0 Å². The molecule has 1 heterocycles. The zero-order valence-corrected chi connectivity index (χ0v) is 16.2. The van der Waals surface area contributed by atoms with Crippen LogP contribution >= 0.6 is 0 Å². The normalized spacial score (nSPS) is 16.2. The van der Waals surface area contributed by atoms with Crippen LogP contribution in [0.1, 0.15) is 12.5 Å². The molecule has 0 aromatic heterocycles. The predicted molar refractivity (Wildman–Crippen MR) is 103 cm³/mol. The molecule has 0 unspecified atom stereocenters. The van der Waals surface area contributed by atoms with Crippen LogP contribution in [0.25, 0.3) is 0 Å². The molecule has 0 bridgehead atoms. The molecule has 5 nitrogen and oxygen atoms in total. The van der Waals surface area contributed by atoms with Gasteiger partial charge in [0, 0.05) is 26.2 Å². The minimum absolute atomic E-state index is 0.352. The predicted octanol–water partition coefficient (Wildman–Crippen LogP) is 3.65. The van der Waals surface area contributed by atoms with Crippen LogP contribution in [0.3, 0.4) is 0 Å². The fourth-order valence-corrected chi connectivity index (χ4v) is 4.30. The van der Waals surface area contributed by atoms with E-state index in [1.165, 1.54) is 0 Å². The molecule has 1 saturated heterocycles. The molecule has 0 atom stereocenters. The van der Waals surface area contributed by atoms with Crippen LogP contribution < -0.4 is 9.62 Å². The zero-order chi connectivity index (χ0) is 20.4. The summed E-state index contributed by atoms with van der Waals surface area (Å²) in [6.07, 6.45) is -4.61. The number of alkyl halides is 3. The first-order chi connectivity index (χ1) is 13.2. The number of benzene rings is 2. The number of hydrogen-bond acceptors (Lipinski definition) is 4. The van der Waals surface area contributed by atoms with Crippen molar-refractivity contribution in [3.8, 4) is 0 Å². The Morgan fingerprint density at radius 3 is 2.32 bits per heavy atom. The van der Waals surface area contributed by atoms with Gasteiger partial charge in [0.05, 0.1) is 21.8 Å². The Morgan fingerprint density at radius 1 is 1.00 bits per heavy atom. The molecule has 0 spiro atoms. The van der Waals surface area contributed by atoms with Crippen molar-refractivity contribution in [1.29, 1.82) is 0 Å². The number of anilines is 2. The molecule has 1 aliphatic rings. The first-order valence-electron chi connectivity index (χ1n) is 8.97. The molecule has 28 heavy (non-hydrogen) atoms. The van der Waals surface area contributed by atoms with Gasteiger partial charge >= 0.3 is 6.18 Å². The maximum absolute atomic E-state index is 12.9. The SMILES string of the molecule is CCN1CCN(c2ccccc2NS(=O)(=O)c2cccc(C(F)(F)F)c2)CC1. The van der Waals surface area contributed by atoms with Crippen LogP contribution in [0.4, 0.5) is 24.5 Å². The lowest BCUT2D eigenvalue weighted by Crippen LogP contribution is -2.46. The summed E-state index contributed by atoms with van der Waals surface area (Å²) in [7, 11) is -4.16. The fraction of sp³-hybridized carbons (Fsp3) is 0.368. The summed E-state index contributed by atoms with van der Waals surface area (Å²) in [4.78, 5) is 3.95. The van der Waals surface area contributed by atoms with Crippen molar-refractivity contribution in [2.24, 2.45) is 0 Å². The van der Waals surface area contributed by atoms with Gasteiger partial charge in [-0.2, -0.15) is 13.2 Å². The van der Waals surface area contributed by atoms with E-state index in [1.807, 2.05) is 12.1 Å². The van der Waals surface area contributed by atoms with Crippen molar-refractivity contribution in [2.45, 2.75) is 18.0 Å². The molecule has 1 aliphatic heterocycles. The van der Waals surface area contributed by atoms with Crippen molar-refractivity contribution >= 4 is 21.4 Å². The van der Waals surface area contributed by atoms with E-state index in [0.717, 1.165) is 50.9 Å². The molecular formula is C19H22F3N3O2S. The standard InChI is InChI=1S/C19H22F3N3O2S/c1-2-24-10-12-25(13-11-24)18-9-4-3-8-17(18)23-28(26,27)16-7-5-6-15(14-16)19(20,21)22/h3-9,14,23H,2,10-13H2,1H3. The van der Waals surface area contributed by atoms with E-state index in [4.69, 9.17) is 0 Å². The van der Waals surface area contributed by atoms with Gasteiger partial charge in [-0.1, -0.05) is 25.1 Å². The van der Waals surface area contributed by atoms with Gasteiger partial charge in [0.1, 0.15) is 0 Å². The van der Waals surface area contributed by atoms with Gasteiger partial charge in [-0.05, 0) is 36.9 Å². The van der Waals surface area contributed by atoms with E-state index < -0.39 is 26.7 Å². The van der Waals surface area contributed by atoms with E-state index in [-0.39, 0.29) is 0 Å². The number of sulfonamides is 1. The Balaban J connectivity index is 1.86. The zero-order valence-electron chi connectivity index (χ0n) is 15.4. The first-order valence-corrected chi connectivity index (χ1v) is 10.5. The van der Waals surface area contributed by atoms with Gasteiger partial charge in [0.25, 0.3) is 10.0 Å². The third kappa shape index (κ3) is 4.59. The molecule has 0 radical (unpaired) electrons. The van der Waals surface area contributed by atoms with Crippen LogP contribution in [0.15, 0.2) is 53.4 Å². The molecular weight excluding hydrogens is 391 g/mol. The summed E-state index contributed by atoms with van der Waals surface area (Å²) in [6, 6.07) is 10.7. The summed E-state index contributed by atoms with van der Waals surface area (Å²) in [6.45, 7) is 6.27. The smallest absolute Gasteiger partial charge is 0.367 e. The minimum Gasteiger partial charge on any atom is -0.367 e. The highest BCUT2D eigenvalue weighted by Gasteiger charge is 2.32. The second kappa shape index (κ2) is 8.00. The number of hydrogen-bond donors (Lipinski definition) is 1. The van der Waals surface area contributed by atoms with E-state index in [0.29, 0.717) is 17.4 Å². The van der Waals surface area contributed by atoms with Crippen molar-refractivity contribution in [3.63, 3.8) is 0 Å². The molecule has 0 saturated carbocycles. The van der Waals surface area contributed by atoms with Crippen molar-refractivity contribution in [2.75, 3.05) is 42.3 Å². The van der Waals surface area contributed by atoms with Crippen LogP contribution in [0.5, 0.6) is 0 Å². The Hall–Kier alpha value is -2.26. The van der Waals surface area contributed by atoms with E-state index in [9.17, 15) is 21.6 Å². The Morgan fingerprint density at radius 2 is 1.68 bits per heavy atom. The first kappa shape index (κ1) is 20.5. The second-order valence-electron chi connectivity index (χ2n) is 6.57. The van der Waals surface area contributed by atoms with Gasteiger partial charge < -0.3 is 9.80 Å². The highest BCUT2D eigenvalue weighted by atomic mass is 32.2. The summed E-state index contributed by atoms with van der Waals surface area (Å²) >= 11 is 0. The fourth-order valence-electron chi connectivity index (χ4n) is 3.18. The van der Waals surface area contributed by atoms with Crippen LogP contribution in [0, 0.1) is 0 Å². The molecule has 2 aromatic rings. The Kier molecular flexibility index (Phi) is 5.85. The number of nitrogens with one attached hydrogen (secondary N) is 1. The van der Waals surface area contributed by atoms with Gasteiger partial charge in [-0.25, -0.2) is 8.42 Å². The molecule has 3 rings (SSSR count). The molecule has 0 amide bonds. The average molecular weight is 413 g/mol. The number of nitrogens with zero attached hydrogens (tertiary/aromatic N) is 2. The summed E-state index contributed by atoms with van der Waals surface area (Å²) in [5, 5.41) is 0.